The number of anilines is 1. The van der Waals surface area contributed by atoms with E-state index >= 15 is 0 Å². The maximum Gasteiger partial charge on any atom is 0.349 e. The molecular formula is C15H15NO3S. The lowest BCUT2D eigenvalue weighted by molar-refractivity contribution is -0.123. The molecule has 2 rings (SSSR count). The summed E-state index contributed by atoms with van der Waals surface area (Å²) in [5, 5.41) is 2.69. The summed E-state index contributed by atoms with van der Waals surface area (Å²) in [5.41, 5.74) is 0.673. The Morgan fingerprint density at radius 1 is 1.15 bits per heavy atom. The number of benzene rings is 1. The van der Waals surface area contributed by atoms with Crippen molar-refractivity contribution in [1.29, 1.82) is 0 Å². The monoisotopic (exact) mass is 289 g/mol. The molecule has 0 radical (unpaired) electrons. The van der Waals surface area contributed by atoms with Gasteiger partial charge in [0, 0.05) is 10.6 Å². The molecule has 0 aliphatic rings. The highest BCUT2D eigenvalue weighted by molar-refractivity contribution is 7.13. The first-order valence-corrected chi connectivity index (χ1v) is 7.01. The standard InChI is InChI=1S/C15H15NO3S/c1-10-8-9-13(20-10)15(18)19-11(2)14(17)16-12-6-4-3-5-7-12/h3-9,11H,1-2H3,(H,16,17)/t11-/m0/s1. The highest BCUT2D eigenvalue weighted by atomic mass is 32.1. The van der Waals surface area contributed by atoms with Gasteiger partial charge in [-0.25, -0.2) is 4.79 Å². The molecule has 1 heterocycles. The topological polar surface area (TPSA) is 55.4 Å². The van der Waals surface area contributed by atoms with E-state index in [2.05, 4.69) is 5.32 Å². The largest absolute Gasteiger partial charge is 0.448 e. The minimum Gasteiger partial charge on any atom is -0.448 e. The van der Waals surface area contributed by atoms with E-state index in [0.29, 0.717) is 10.6 Å². The van der Waals surface area contributed by atoms with Crippen molar-refractivity contribution in [2.75, 3.05) is 5.32 Å². The lowest BCUT2D eigenvalue weighted by Gasteiger charge is -2.12. The number of hydrogen-bond acceptors (Lipinski definition) is 4. The van der Waals surface area contributed by atoms with Gasteiger partial charge >= 0.3 is 5.97 Å². The number of para-hydroxylation sites is 1. The van der Waals surface area contributed by atoms with Crippen LogP contribution in [0.15, 0.2) is 42.5 Å². The normalized spacial score (nSPS) is 11.7. The van der Waals surface area contributed by atoms with E-state index in [1.807, 2.05) is 31.2 Å². The van der Waals surface area contributed by atoms with E-state index in [-0.39, 0.29) is 5.91 Å². The highest BCUT2D eigenvalue weighted by Crippen LogP contribution is 2.17. The number of ether oxygens (including phenoxy) is 1. The van der Waals surface area contributed by atoms with E-state index in [1.165, 1.54) is 11.3 Å². The third-order valence-electron chi connectivity index (χ3n) is 2.64. The van der Waals surface area contributed by atoms with Crippen molar-refractivity contribution < 1.29 is 14.3 Å². The van der Waals surface area contributed by atoms with Crippen LogP contribution >= 0.6 is 11.3 Å². The van der Waals surface area contributed by atoms with Crippen molar-refractivity contribution in [2.24, 2.45) is 0 Å². The maximum atomic E-state index is 11.9. The van der Waals surface area contributed by atoms with Crippen molar-refractivity contribution in [2.45, 2.75) is 20.0 Å². The molecule has 1 aromatic heterocycles. The Balaban J connectivity index is 1.93. The van der Waals surface area contributed by atoms with Gasteiger partial charge in [-0.05, 0) is 38.1 Å². The molecule has 1 amide bonds. The quantitative estimate of drug-likeness (QED) is 0.879. The Labute approximate surface area is 121 Å². The van der Waals surface area contributed by atoms with Crippen LogP contribution < -0.4 is 5.32 Å². The van der Waals surface area contributed by atoms with Gasteiger partial charge in [-0.1, -0.05) is 18.2 Å². The van der Waals surface area contributed by atoms with Crippen molar-refractivity contribution in [3.05, 3.63) is 52.2 Å². The Hall–Kier alpha value is -2.14. The number of thiophene rings is 1. The molecule has 5 heteroatoms. The number of carbonyl (C=O) groups is 2. The zero-order valence-corrected chi connectivity index (χ0v) is 12.1. The Morgan fingerprint density at radius 3 is 2.45 bits per heavy atom. The number of carbonyl (C=O) groups excluding carboxylic acids is 2. The first-order valence-electron chi connectivity index (χ1n) is 6.19. The number of aryl methyl sites for hydroxylation is 1. The minimum absolute atomic E-state index is 0.349. The highest BCUT2D eigenvalue weighted by Gasteiger charge is 2.19. The predicted octanol–water partition coefficient (Wildman–Crippen LogP) is 3.24. The van der Waals surface area contributed by atoms with Crippen LogP contribution in [0.5, 0.6) is 0 Å². The number of hydrogen-bond donors (Lipinski definition) is 1. The van der Waals surface area contributed by atoms with Gasteiger partial charge in [-0.2, -0.15) is 0 Å². The lowest BCUT2D eigenvalue weighted by Crippen LogP contribution is -2.29. The van der Waals surface area contributed by atoms with Gasteiger partial charge in [0.1, 0.15) is 4.88 Å². The number of nitrogens with one attached hydrogen (secondary N) is 1. The molecule has 0 bridgehead atoms. The zero-order chi connectivity index (χ0) is 14.5. The molecule has 0 spiro atoms. The summed E-state index contributed by atoms with van der Waals surface area (Å²) in [7, 11) is 0. The average Bonchev–Trinajstić information content (AvgIpc) is 2.86. The molecule has 0 unspecified atom stereocenters. The molecule has 20 heavy (non-hydrogen) atoms. The van der Waals surface area contributed by atoms with Crippen LogP contribution in [-0.2, 0) is 9.53 Å². The summed E-state index contributed by atoms with van der Waals surface area (Å²) < 4.78 is 5.14. The molecule has 104 valence electrons. The average molecular weight is 289 g/mol. The second kappa shape index (κ2) is 6.34. The number of rotatable bonds is 4. The minimum atomic E-state index is -0.842. The predicted molar refractivity (Wildman–Crippen MR) is 79.0 cm³/mol. The third-order valence-corrected chi connectivity index (χ3v) is 3.62. The summed E-state index contributed by atoms with van der Waals surface area (Å²) in [4.78, 5) is 25.3. The zero-order valence-electron chi connectivity index (χ0n) is 11.3. The first-order chi connectivity index (χ1) is 9.56. The van der Waals surface area contributed by atoms with Crippen molar-refractivity contribution >= 4 is 28.9 Å². The molecule has 4 nitrogen and oxygen atoms in total. The molecule has 0 aliphatic heterocycles. The molecule has 1 aromatic carbocycles. The fraction of sp³-hybridized carbons (Fsp3) is 0.200. The summed E-state index contributed by atoms with van der Waals surface area (Å²) >= 11 is 1.35. The molecule has 2 aromatic rings. The van der Waals surface area contributed by atoms with Crippen LogP contribution in [0.25, 0.3) is 0 Å². The summed E-state index contributed by atoms with van der Waals surface area (Å²) in [6.07, 6.45) is -0.842. The SMILES string of the molecule is Cc1ccc(C(=O)O[C@@H](C)C(=O)Nc2ccccc2)s1. The summed E-state index contributed by atoms with van der Waals surface area (Å²) in [5.74, 6) is -0.823. The van der Waals surface area contributed by atoms with Gasteiger partial charge in [-0.15, -0.1) is 11.3 Å². The second-order valence-corrected chi connectivity index (χ2v) is 5.60. The molecule has 0 aliphatic carbocycles. The first kappa shape index (κ1) is 14.3. The second-order valence-electron chi connectivity index (χ2n) is 4.31. The van der Waals surface area contributed by atoms with Crippen molar-refractivity contribution in [3.8, 4) is 0 Å². The van der Waals surface area contributed by atoms with Crippen LogP contribution in [0.2, 0.25) is 0 Å². The molecule has 1 N–H and O–H groups in total. The van der Waals surface area contributed by atoms with Gasteiger partial charge < -0.3 is 10.1 Å². The molecule has 0 saturated heterocycles. The fourth-order valence-corrected chi connectivity index (χ4v) is 2.33. The number of esters is 1. The molecule has 0 fully saturated rings. The van der Waals surface area contributed by atoms with Crippen LogP contribution in [-0.4, -0.2) is 18.0 Å². The van der Waals surface area contributed by atoms with E-state index < -0.39 is 12.1 Å². The summed E-state index contributed by atoms with van der Waals surface area (Å²) in [6, 6.07) is 12.6. The van der Waals surface area contributed by atoms with Crippen LogP contribution in [0.3, 0.4) is 0 Å². The van der Waals surface area contributed by atoms with Crippen molar-refractivity contribution in [3.63, 3.8) is 0 Å². The fourth-order valence-electron chi connectivity index (χ4n) is 1.58. The molecule has 1 atom stereocenters. The summed E-state index contributed by atoms with van der Waals surface area (Å²) in [6.45, 7) is 3.46. The van der Waals surface area contributed by atoms with E-state index in [4.69, 9.17) is 4.74 Å². The van der Waals surface area contributed by atoms with Gasteiger partial charge in [0.25, 0.3) is 5.91 Å². The van der Waals surface area contributed by atoms with E-state index in [1.54, 1.807) is 25.1 Å². The smallest absolute Gasteiger partial charge is 0.349 e. The molecular weight excluding hydrogens is 274 g/mol. The van der Waals surface area contributed by atoms with Gasteiger partial charge in [0.05, 0.1) is 0 Å². The van der Waals surface area contributed by atoms with Crippen LogP contribution in [0, 0.1) is 6.92 Å². The van der Waals surface area contributed by atoms with Crippen LogP contribution in [0.1, 0.15) is 21.5 Å². The van der Waals surface area contributed by atoms with Crippen molar-refractivity contribution in [1.82, 2.24) is 0 Å². The van der Waals surface area contributed by atoms with Gasteiger partial charge in [0.15, 0.2) is 6.10 Å². The lowest BCUT2D eigenvalue weighted by atomic mass is 10.3. The Kier molecular flexibility index (Phi) is 4.53. The molecule has 0 saturated carbocycles. The number of amides is 1. The Bertz CT molecular complexity index is 607. The Morgan fingerprint density at radius 2 is 1.85 bits per heavy atom. The van der Waals surface area contributed by atoms with Gasteiger partial charge in [-0.3, -0.25) is 4.79 Å². The van der Waals surface area contributed by atoms with E-state index in [0.717, 1.165) is 4.88 Å². The van der Waals surface area contributed by atoms with Crippen LogP contribution in [0.4, 0.5) is 5.69 Å². The van der Waals surface area contributed by atoms with Gasteiger partial charge in [0.2, 0.25) is 0 Å². The maximum absolute atomic E-state index is 11.9. The third kappa shape index (κ3) is 3.68. The van der Waals surface area contributed by atoms with E-state index in [9.17, 15) is 9.59 Å².